The van der Waals surface area contributed by atoms with Crippen molar-refractivity contribution in [3.63, 3.8) is 0 Å². The fourth-order valence-electron chi connectivity index (χ4n) is 1.54. The molecule has 2 rings (SSSR count). The van der Waals surface area contributed by atoms with Gasteiger partial charge < -0.3 is 0 Å². The first kappa shape index (κ1) is 10.8. The van der Waals surface area contributed by atoms with Gasteiger partial charge >= 0.3 is 10.2 Å². The topological polar surface area (TPSA) is 34.1 Å². The summed E-state index contributed by atoms with van der Waals surface area (Å²) >= 11 is 0. The summed E-state index contributed by atoms with van der Waals surface area (Å²) in [7, 11) is -4.68. The summed E-state index contributed by atoms with van der Waals surface area (Å²) in [4.78, 5) is -0.291. The molecule has 0 bridgehead atoms. The monoisotopic (exact) mass is 236 g/mol. The van der Waals surface area contributed by atoms with Crippen molar-refractivity contribution in [1.82, 2.24) is 0 Å². The molecule has 0 amide bonds. The van der Waals surface area contributed by atoms with Crippen LogP contribution in [0.25, 0.3) is 11.1 Å². The van der Waals surface area contributed by atoms with Gasteiger partial charge in [-0.05, 0) is 11.6 Å². The van der Waals surface area contributed by atoms with Gasteiger partial charge in [-0.15, -0.1) is 3.89 Å². The average Bonchev–Trinajstić information content (AvgIpc) is 2.29. The second kappa shape index (κ2) is 4.06. The Morgan fingerprint density at radius 3 is 2.00 bits per heavy atom. The van der Waals surface area contributed by atoms with Gasteiger partial charge in [0.05, 0.1) is 0 Å². The van der Waals surface area contributed by atoms with Crippen molar-refractivity contribution in [3.05, 3.63) is 54.6 Å². The van der Waals surface area contributed by atoms with Crippen LogP contribution < -0.4 is 0 Å². The molecule has 0 aliphatic heterocycles. The van der Waals surface area contributed by atoms with Gasteiger partial charge in [-0.2, -0.15) is 8.42 Å². The van der Waals surface area contributed by atoms with Crippen LogP contribution in [-0.2, 0) is 10.2 Å². The van der Waals surface area contributed by atoms with E-state index in [-0.39, 0.29) is 4.90 Å². The van der Waals surface area contributed by atoms with Gasteiger partial charge in [0.25, 0.3) is 0 Å². The number of hydrogen-bond acceptors (Lipinski definition) is 2. The molecule has 0 saturated carbocycles. The van der Waals surface area contributed by atoms with E-state index >= 15 is 0 Å². The zero-order valence-electron chi connectivity index (χ0n) is 8.30. The minimum absolute atomic E-state index is 0.291. The highest BCUT2D eigenvalue weighted by atomic mass is 32.3. The molecule has 0 aliphatic rings. The molecule has 4 heteroatoms. The largest absolute Gasteiger partial charge is 0.332 e. The van der Waals surface area contributed by atoms with E-state index in [1.165, 1.54) is 12.1 Å². The van der Waals surface area contributed by atoms with E-state index in [0.29, 0.717) is 11.1 Å². The molecule has 0 spiro atoms. The second-order valence-electron chi connectivity index (χ2n) is 3.30. The van der Waals surface area contributed by atoms with Crippen LogP contribution in [0.4, 0.5) is 3.89 Å². The fourth-order valence-corrected chi connectivity index (χ4v) is 2.23. The van der Waals surface area contributed by atoms with E-state index in [4.69, 9.17) is 0 Å². The Bertz CT molecular complexity index is 591. The van der Waals surface area contributed by atoms with Crippen molar-refractivity contribution in [3.8, 4) is 11.1 Å². The first-order valence-electron chi connectivity index (χ1n) is 4.68. The maximum atomic E-state index is 13.0. The molecule has 0 radical (unpaired) electrons. The number of benzene rings is 2. The van der Waals surface area contributed by atoms with Crippen LogP contribution >= 0.6 is 0 Å². The van der Waals surface area contributed by atoms with Gasteiger partial charge in [0.2, 0.25) is 0 Å². The molecular weight excluding hydrogens is 227 g/mol. The van der Waals surface area contributed by atoms with Crippen LogP contribution in [0.5, 0.6) is 0 Å². The molecule has 0 aliphatic carbocycles. The molecule has 0 N–H and O–H groups in total. The Hall–Kier alpha value is -1.68. The summed E-state index contributed by atoms with van der Waals surface area (Å²) in [6.07, 6.45) is 0. The highest BCUT2D eigenvalue weighted by Crippen LogP contribution is 2.27. The van der Waals surface area contributed by atoms with E-state index in [2.05, 4.69) is 0 Å². The Labute approximate surface area is 93.6 Å². The molecule has 0 unspecified atom stereocenters. The van der Waals surface area contributed by atoms with Crippen molar-refractivity contribution in [1.29, 1.82) is 0 Å². The summed E-state index contributed by atoms with van der Waals surface area (Å²) in [5.74, 6) is 0. The van der Waals surface area contributed by atoms with Crippen LogP contribution in [0.1, 0.15) is 0 Å². The lowest BCUT2D eigenvalue weighted by Crippen LogP contribution is -1.95. The van der Waals surface area contributed by atoms with Crippen LogP contribution in [0.15, 0.2) is 59.5 Å². The summed E-state index contributed by atoms with van der Waals surface area (Å²) in [5.41, 5.74) is 1.06. The van der Waals surface area contributed by atoms with Crippen LogP contribution in [0, 0.1) is 0 Å². The van der Waals surface area contributed by atoms with Crippen LogP contribution in [-0.4, -0.2) is 8.42 Å². The van der Waals surface area contributed by atoms with Gasteiger partial charge in [-0.3, -0.25) is 0 Å². The first-order chi connectivity index (χ1) is 7.59. The molecule has 0 saturated heterocycles. The molecule has 0 aromatic heterocycles. The summed E-state index contributed by atoms with van der Waals surface area (Å²) in [6, 6.07) is 14.9. The third-order valence-electron chi connectivity index (χ3n) is 2.23. The molecule has 16 heavy (non-hydrogen) atoms. The van der Waals surface area contributed by atoms with E-state index in [0.717, 1.165) is 0 Å². The Balaban J connectivity index is 2.68. The summed E-state index contributed by atoms with van der Waals surface area (Å²) in [5, 5.41) is 0. The number of halogens is 1. The minimum atomic E-state index is -4.68. The summed E-state index contributed by atoms with van der Waals surface area (Å²) < 4.78 is 35.0. The highest BCUT2D eigenvalue weighted by Gasteiger charge is 2.17. The van der Waals surface area contributed by atoms with Crippen molar-refractivity contribution in [2.45, 2.75) is 4.90 Å². The quantitative estimate of drug-likeness (QED) is 0.751. The molecule has 2 aromatic carbocycles. The zero-order valence-corrected chi connectivity index (χ0v) is 9.12. The van der Waals surface area contributed by atoms with Gasteiger partial charge in [0, 0.05) is 5.56 Å². The highest BCUT2D eigenvalue weighted by molar-refractivity contribution is 7.86. The zero-order chi connectivity index (χ0) is 11.6. The maximum Gasteiger partial charge on any atom is 0.332 e. The molecule has 2 aromatic rings. The lowest BCUT2D eigenvalue weighted by atomic mass is 10.1. The molecule has 0 atom stereocenters. The van der Waals surface area contributed by atoms with Gasteiger partial charge in [0.1, 0.15) is 4.90 Å². The normalized spacial score (nSPS) is 11.3. The third-order valence-corrected chi connectivity index (χ3v) is 3.12. The Morgan fingerprint density at radius 1 is 0.812 bits per heavy atom. The lowest BCUT2D eigenvalue weighted by Gasteiger charge is -2.05. The molecular formula is C12H9FO2S. The van der Waals surface area contributed by atoms with E-state index < -0.39 is 10.2 Å². The van der Waals surface area contributed by atoms with Gasteiger partial charge in [-0.25, -0.2) is 0 Å². The summed E-state index contributed by atoms with van der Waals surface area (Å²) in [6.45, 7) is 0. The molecule has 2 nitrogen and oxygen atoms in total. The van der Waals surface area contributed by atoms with E-state index in [1.54, 1.807) is 36.4 Å². The Kier molecular flexibility index (Phi) is 2.75. The van der Waals surface area contributed by atoms with Crippen molar-refractivity contribution < 1.29 is 12.3 Å². The van der Waals surface area contributed by atoms with Gasteiger partial charge in [-0.1, -0.05) is 48.5 Å². The van der Waals surface area contributed by atoms with Crippen molar-refractivity contribution >= 4 is 10.2 Å². The van der Waals surface area contributed by atoms with E-state index in [9.17, 15) is 12.3 Å². The van der Waals surface area contributed by atoms with Crippen molar-refractivity contribution in [2.24, 2.45) is 0 Å². The molecule has 0 fully saturated rings. The lowest BCUT2D eigenvalue weighted by molar-refractivity contribution is 0.552. The minimum Gasteiger partial charge on any atom is -0.189 e. The Morgan fingerprint density at radius 2 is 1.38 bits per heavy atom. The average molecular weight is 236 g/mol. The van der Waals surface area contributed by atoms with Gasteiger partial charge in [0.15, 0.2) is 0 Å². The second-order valence-corrected chi connectivity index (χ2v) is 4.62. The number of hydrogen-bond donors (Lipinski definition) is 0. The predicted octanol–water partition coefficient (Wildman–Crippen LogP) is 3.01. The van der Waals surface area contributed by atoms with Crippen LogP contribution in [0.3, 0.4) is 0 Å². The SMILES string of the molecule is O=S(=O)(F)c1ccccc1-c1ccccc1. The van der Waals surface area contributed by atoms with E-state index in [1.807, 2.05) is 6.07 Å². The predicted molar refractivity (Wildman–Crippen MR) is 60.2 cm³/mol. The fraction of sp³-hybridized carbons (Fsp3) is 0. The number of rotatable bonds is 2. The molecule has 0 heterocycles. The standard InChI is InChI=1S/C12H9FO2S/c13-16(14,15)12-9-5-4-8-11(12)10-6-2-1-3-7-10/h1-9H. The maximum absolute atomic E-state index is 13.0. The smallest absolute Gasteiger partial charge is 0.189 e. The molecule has 82 valence electrons. The van der Waals surface area contributed by atoms with Crippen molar-refractivity contribution in [2.75, 3.05) is 0 Å². The first-order valence-corrected chi connectivity index (χ1v) is 6.06. The van der Waals surface area contributed by atoms with Crippen LogP contribution in [0.2, 0.25) is 0 Å². The third kappa shape index (κ3) is 2.12.